The van der Waals surface area contributed by atoms with Gasteiger partial charge < -0.3 is 10.1 Å². The number of rotatable bonds is 6. The Hall–Kier alpha value is -3.13. The smallest absolute Gasteiger partial charge is 0.264 e. The van der Waals surface area contributed by atoms with Crippen LogP contribution >= 0.6 is 0 Å². The second-order valence-electron chi connectivity index (χ2n) is 7.15. The maximum Gasteiger partial charge on any atom is 0.264 e. The molecule has 1 aliphatic rings. The van der Waals surface area contributed by atoms with Crippen LogP contribution in [0.1, 0.15) is 29.2 Å². The van der Waals surface area contributed by atoms with E-state index >= 15 is 0 Å². The maximum atomic E-state index is 12.6. The topological polar surface area (TPSA) is 96.9 Å². The van der Waals surface area contributed by atoms with Gasteiger partial charge >= 0.3 is 0 Å². The molecule has 8 heteroatoms. The van der Waals surface area contributed by atoms with E-state index in [2.05, 4.69) is 15.0 Å². The molecule has 1 amide bonds. The molecule has 30 heavy (non-hydrogen) atoms. The normalized spacial score (nSPS) is 16.5. The minimum Gasteiger partial charge on any atom is -0.497 e. The third-order valence-electron chi connectivity index (χ3n) is 4.99. The van der Waals surface area contributed by atoms with Gasteiger partial charge in [0.15, 0.2) is 0 Å². The fourth-order valence-corrected chi connectivity index (χ4v) is 4.63. The van der Waals surface area contributed by atoms with Gasteiger partial charge in [-0.3, -0.25) is 14.5 Å². The van der Waals surface area contributed by atoms with E-state index in [1.165, 1.54) is 0 Å². The molecule has 0 spiro atoms. The van der Waals surface area contributed by atoms with Crippen molar-refractivity contribution in [2.24, 2.45) is 4.99 Å². The Morgan fingerprint density at radius 2 is 1.77 bits per heavy atom. The molecule has 1 aliphatic heterocycles. The molecular formula is C22H25N3O4S. The fourth-order valence-electron chi connectivity index (χ4n) is 3.12. The average Bonchev–Trinajstić information content (AvgIpc) is 2.95. The lowest BCUT2D eigenvalue weighted by atomic mass is 10.0. The molecular weight excluding hydrogens is 402 g/mol. The number of amidine groups is 1. The summed E-state index contributed by atoms with van der Waals surface area (Å²) in [7, 11) is -2.13. The van der Waals surface area contributed by atoms with Gasteiger partial charge in [-0.25, -0.2) is 8.42 Å². The molecule has 0 fully saturated rings. The zero-order valence-corrected chi connectivity index (χ0v) is 18.3. The monoisotopic (exact) mass is 427 g/mol. The molecule has 1 heterocycles. The maximum absolute atomic E-state index is 12.6. The molecule has 0 radical (unpaired) electrons. The van der Waals surface area contributed by atoms with Crippen molar-refractivity contribution in [1.29, 1.82) is 0 Å². The predicted octanol–water partition coefficient (Wildman–Crippen LogP) is 2.69. The predicted molar refractivity (Wildman–Crippen MR) is 118 cm³/mol. The molecule has 0 aromatic heterocycles. The van der Waals surface area contributed by atoms with Crippen LogP contribution < -0.4 is 14.8 Å². The summed E-state index contributed by atoms with van der Waals surface area (Å²) >= 11 is 0. The molecule has 0 unspecified atom stereocenters. The average molecular weight is 428 g/mol. The number of nitrogens with one attached hydrogen (secondary N) is 2. The van der Waals surface area contributed by atoms with Gasteiger partial charge in [0, 0.05) is 12.1 Å². The van der Waals surface area contributed by atoms with Crippen molar-refractivity contribution < 1.29 is 17.9 Å². The van der Waals surface area contributed by atoms with Crippen LogP contribution in [-0.4, -0.2) is 33.8 Å². The minimum absolute atomic E-state index is 0.175. The summed E-state index contributed by atoms with van der Waals surface area (Å²) < 4.78 is 32.8. The van der Waals surface area contributed by atoms with Gasteiger partial charge in [-0.2, -0.15) is 0 Å². The van der Waals surface area contributed by atoms with E-state index in [-0.39, 0.29) is 23.2 Å². The van der Waals surface area contributed by atoms with E-state index in [1.54, 1.807) is 20.1 Å². The number of aryl methyl sites for hydroxylation is 2. The Morgan fingerprint density at radius 1 is 1.07 bits per heavy atom. The first-order valence-corrected chi connectivity index (χ1v) is 11.0. The molecule has 2 aromatic carbocycles. The highest BCUT2D eigenvalue weighted by molar-refractivity contribution is 8.00. The van der Waals surface area contributed by atoms with E-state index in [0.717, 1.165) is 22.4 Å². The van der Waals surface area contributed by atoms with Crippen molar-refractivity contribution in [2.45, 2.75) is 27.3 Å². The zero-order chi connectivity index (χ0) is 21.9. The molecule has 0 saturated carbocycles. The van der Waals surface area contributed by atoms with Crippen molar-refractivity contribution in [3.05, 3.63) is 70.3 Å². The fraction of sp³-hybridized carbons (Fsp3) is 0.273. The van der Waals surface area contributed by atoms with Gasteiger partial charge in [-0.1, -0.05) is 30.3 Å². The summed E-state index contributed by atoms with van der Waals surface area (Å²) in [5, 5.41) is 2.77. The van der Waals surface area contributed by atoms with Gasteiger partial charge in [0.2, 0.25) is 5.91 Å². The molecule has 0 saturated heterocycles. The van der Waals surface area contributed by atoms with Crippen LogP contribution in [0.25, 0.3) is 4.91 Å². The summed E-state index contributed by atoms with van der Waals surface area (Å²) in [5.41, 5.74) is 4.12. The quantitative estimate of drug-likeness (QED) is 0.741. The number of amides is 1. The molecule has 0 bridgehead atoms. The van der Waals surface area contributed by atoms with Crippen LogP contribution in [0.4, 0.5) is 0 Å². The van der Waals surface area contributed by atoms with Crippen LogP contribution in [-0.2, 0) is 21.4 Å². The molecule has 0 atom stereocenters. The number of hydrogen-bond acceptors (Lipinski definition) is 5. The van der Waals surface area contributed by atoms with Crippen molar-refractivity contribution in [3.63, 3.8) is 0 Å². The Kier molecular flexibility index (Phi) is 6.26. The third-order valence-corrected chi connectivity index (χ3v) is 6.54. The minimum atomic E-state index is -3.72. The van der Waals surface area contributed by atoms with Crippen LogP contribution in [0.15, 0.2) is 53.0 Å². The zero-order valence-electron chi connectivity index (χ0n) is 17.4. The van der Waals surface area contributed by atoms with Crippen LogP contribution in [0.5, 0.6) is 5.75 Å². The Bertz CT molecular complexity index is 1130. The summed E-state index contributed by atoms with van der Waals surface area (Å²) in [5.74, 6) is 0.639. The van der Waals surface area contributed by atoms with Gasteiger partial charge in [-0.15, -0.1) is 0 Å². The number of aliphatic imine (C=N–C) groups is 1. The highest BCUT2D eigenvalue weighted by Crippen LogP contribution is 2.30. The Morgan fingerprint density at radius 3 is 2.40 bits per heavy atom. The van der Waals surface area contributed by atoms with Gasteiger partial charge in [0.1, 0.15) is 23.0 Å². The summed E-state index contributed by atoms with van der Waals surface area (Å²) in [6, 6.07) is 12.9. The number of hydrogen-bond donors (Lipinski definition) is 2. The number of nitrogens with zero attached hydrogens (tertiary/aromatic N) is 1. The van der Waals surface area contributed by atoms with Crippen LogP contribution in [0.2, 0.25) is 0 Å². The first-order chi connectivity index (χ1) is 14.2. The van der Waals surface area contributed by atoms with Crippen LogP contribution in [0.3, 0.4) is 0 Å². The molecule has 3 rings (SSSR count). The number of ether oxygens (including phenoxy) is 1. The number of methoxy groups -OCH3 is 1. The number of sulfonamides is 1. The summed E-state index contributed by atoms with van der Waals surface area (Å²) in [6.07, 6.45) is 0. The lowest BCUT2D eigenvalue weighted by Crippen LogP contribution is -2.28. The summed E-state index contributed by atoms with van der Waals surface area (Å²) in [4.78, 5) is 16.6. The van der Waals surface area contributed by atoms with Crippen LogP contribution in [0, 0.1) is 13.8 Å². The summed E-state index contributed by atoms with van der Waals surface area (Å²) in [6.45, 7) is 5.77. The number of benzene rings is 2. The van der Waals surface area contributed by atoms with E-state index in [1.807, 2.05) is 50.2 Å². The highest BCUT2D eigenvalue weighted by Gasteiger charge is 2.32. The lowest BCUT2D eigenvalue weighted by Gasteiger charge is -2.06. The first kappa shape index (κ1) is 21.6. The molecule has 0 aliphatic carbocycles. The molecule has 7 nitrogen and oxygen atoms in total. The highest BCUT2D eigenvalue weighted by atomic mass is 32.2. The third kappa shape index (κ3) is 4.71. The van der Waals surface area contributed by atoms with E-state index < -0.39 is 10.0 Å². The van der Waals surface area contributed by atoms with E-state index in [0.29, 0.717) is 17.7 Å². The first-order valence-electron chi connectivity index (χ1n) is 9.47. The van der Waals surface area contributed by atoms with E-state index in [9.17, 15) is 13.2 Å². The Balaban J connectivity index is 1.71. The van der Waals surface area contributed by atoms with Crippen molar-refractivity contribution >= 4 is 26.7 Å². The molecule has 2 aromatic rings. The van der Waals surface area contributed by atoms with Crippen molar-refractivity contribution in [1.82, 2.24) is 10.0 Å². The van der Waals surface area contributed by atoms with E-state index in [4.69, 9.17) is 4.74 Å². The SMILES string of the molecule is COc1ccc(CNC(=O)CN=C2NS(=O)(=O)C(c3ccc(C)c(C)c3)=C2C)cc1. The standard InChI is InChI=1S/C22H25N3O4S/c1-14-5-8-18(11-15(14)2)21-16(3)22(25-30(21,27)28)24-13-20(26)23-12-17-6-9-19(29-4)10-7-17/h5-11H,12-13H2,1-4H3,(H,23,26)(H,24,25). The van der Waals surface area contributed by atoms with Gasteiger partial charge in [0.25, 0.3) is 10.0 Å². The number of carbonyl (C=O) groups is 1. The van der Waals surface area contributed by atoms with Crippen molar-refractivity contribution in [3.8, 4) is 5.75 Å². The second kappa shape index (κ2) is 8.71. The largest absolute Gasteiger partial charge is 0.497 e. The lowest BCUT2D eigenvalue weighted by molar-refractivity contribution is -0.119. The van der Waals surface area contributed by atoms with Crippen molar-refractivity contribution in [2.75, 3.05) is 13.7 Å². The second-order valence-corrected chi connectivity index (χ2v) is 8.77. The molecule has 2 N–H and O–H groups in total. The van der Waals surface area contributed by atoms with Gasteiger partial charge in [-0.05, 0) is 55.2 Å². The van der Waals surface area contributed by atoms with Gasteiger partial charge in [0.05, 0.1) is 7.11 Å². The Labute approximate surface area is 176 Å². The number of carbonyl (C=O) groups excluding carboxylic acids is 1. The molecule has 158 valence electrons.